The molecule has 1 heterocycles. The monoisotopic (exact) mass is 253 g/mol. The highest BCUT2D eigenvalue weighted by Gasteiger charge is 2.31. The summed E-state index contributed by atoms with van der Waals surface area (Å²) in [5.74, 6) is -1.28. The fourth-order valence-electron chi connectivity index (χ4n) is 1.96. The first-order valence-electron chi connectivity index (χ1n) is 5.95. The maximum Gasteiger partial charge on any atom is 0.334 e. The number of rotatable bonds is 6. The van der Waals surface area contributed by atoms with Crippen molar-refractivity contribution in [3.8, 4) is 0 Å². The van der Waals surface area contributed by atoms with Crippen molar-refractivity contribution in [3.63, 3.8) is 0 Å². The number of carboxylic acids is 1. The number of carbonyl (C=O) groups excluding carboxylic acids is 1. The van der Waals surface area contributed by atoms with Gasteiger partial charge in [-0.05, 0) is 12.8 Å². The first-order valence-corrected chi connectivity index (χ1v) is 5.95. The van der Waals surface area contributed by atoms with E-state index in [2.05, 4.69) is 13.2 Å². The number of carboxylic acid groups (broad SMARTS) is 1. The SMILES string of the molecule is C=CCC(CC=C)C(=O)N1CCOC(C(=O)O)C1. The molecule has 5 nitrogen and oxygen atoms in total. The van der Waals surface area contributed by atoms with Gasteiger partial charge in [0.1, 0.15) is 0 Å². The minimum absolute atomic E-state index is 0.0515. The van der Waals surface area contributed by atoms with E-state index in [1.807, 2.05) is 0 Å². The Bertz CT molecular complexity index is 330. The van der Waals surface area contributed by atoms with E-state index in [4.69, 9.17) is 9.84 Å². The Morgan fingerprint density at radius 1 is 1.39 bits per heavy atom. The molecular weight excluding hydrogens is 234 g/mol. The Labute approximate surface area is 107 Å². The summed E-state index contributed by atoms with van der Waals surface area (Å²) in [6.45, 7) is 8.07. The second kappa shape index (κ2) is 6.96. The van der Waals surface area contributed by atoms with Crippen LogP contribution >= 0.6 is 0 Å². The Kier molecular flexibility index (Phi) is 5.58. The Balaban J connectivity index is 2.65. The zero-order chi connectivity index (χ0) is 13.5. The van der Waals surface area contributed by atoms with Crippen molar-refractivity contribution in [3.05, 3.63) is 25.3 Å². The van der Waals surface area contributed by atoms with Crippen LogP contribution in [-0.4, -0.2) is 47.7 Å². The molecule has 0 aromatic heterocycles. The molecule has 0 spiro atoms. The van der Waals surface area contributed by atoms with Gasteiger partial charge in [-0.15, -0.1) is 13.2 Å². The van der Waals surface area contributed by atoms with Crippen LogP contribution in [0.2, 0.25) is 0 Å². The highest BCUT2D eigenvalue weighted by atomic mass is 16.5. The van der Waals surface area contributed by atoms with E-state index in [9.17, 15) is 9.59 Å². The van der Waals surface area contributed by atoms with Crippen LogP contribution in [0.4, 0.5) is 0 Å². The minimum Gasteiger partial charge on any atom is -0.479 e. The molecule has 1 N–H and O–H groups in total. The van der Waals surface area contributed by atoms with Crippen molar-refractivity contribution in [2.45, 2.75) is 18.9 Å². The van der Waals surface area contributed by atoms with Gasteiger partial charge >= 0.3 is 5.97 Å². The normalized spacial score (nSPS) is 19.6. The summed E-state index contributed by atoms with van der Waals surface area (Å²) < 4.78 is 5.09. The van der Waals surface area contributed by atoms with Crippen LogP contribution in [-0.2, 0) is 14.3 Å². The van der Waals surface area contributed by atoms with E-state index in [-0.39, 0.29) is 25.0 Å². The number of hydrogen-bond donors (Lipinski definition) is 1. The van der Waals surface area contributed by atoms with E-state index in [1.54, 1.807) is 17.1 Å². The summed E-state index contributed by atoms with van der Waals surface area (Å²) in [7, 11) is 0. The third-order valence-electron chi connectivity index (χ3n) is 2.91. The standard InChI is InChI=1S/C13H19NO4/c1-3-5-10(6-4-2)12(15)14-7-8-18-11(9-14)13(16)17/h3-4,10-11H,1-2,5-9H2,(H,16,17). The fourth-order valence-corrected chi connectivity index (χ4v) is 1.96. The second-order valence-electron chi connectivity index (χ2n) is 4.23. The van der Waals surface area contributed by atoms with Crippen LogP contribution in [0.15, 0.2) is 25.3 Å². The number of ether oxygens (including phenoxy) is 1. The summed E-state index contributed by atoms with van der Waals surface area (Å²) in [6, 6.07) is 0. The van der Waals surface area contributed by atoms with Gasteiger partial charge in [-0.2, -0.15) is 0 Å². The molecule has 1 unspecified atom stereocenters. The highest BCUT2D eigenvalue weighted by molar-refractivity contribution is 5.81. The van der Waals surface area contributed by atoms with Gasteiger partial charge in [0, 0.05) is 12.5 Å². The average Bonchev–Trinajstić information content (AvgIpc) is 2.38. The third kappa shape index (κ3) is 3.70. The van der Waals surface area contributed by atoms with Crippen LogP contribution < -0.4 is 0 Å². The van der Waals surface area contributed by atoms with Crippen molar-refractivity contribution >= 4 is 11.9 Å². The van der Waals surface area contributed by atoms with Crippen LogP contribution in [0.1, 0.15) is 12.8 Å². The van der Waals surface area contributed by atoms with Crippen molar-refractivity contribution < 1.29 is 19.4 Å². The van der Waals surface area contributed by atoms with Gasteiger partial charge in [0.05, 0.1) is 13.2 Å². The molecular formula is C13H19NO4. The van der Waals surface area contributed by atoms with E-state index in [0.717, 1.165) is 0 Å². The maximum absolute atomic E-state index is 12.2. The second-order valence-corrected chi connectivity index (χ2v) is 4.23. The molecule has 1 amide bonds. The zero-order valence-corrected chi connectivity index (χ0v) is 10.4. The zero-order valence-electron chi connectivity index (χ0n) is 10.4. The predicted octanol–water partition coefficient (Wildman–Crippen LogP) is 1.07. The number of aliphatic carboxylic acids is 1. The maximum atomic E-state index is 12.2. The van der Waals surface area contributed by atoms with Gasteiger partial charge in [0.15, 0.2) is 6.10 Å². The molecule has 0 aromatic rings. The topological polar surface area (TPSA) is 66.8 Å². The highest BCUT2D eigenvalue weighted by Crippen LogP contribution is 2.16. The molecule has 0 aromatic carbocycles. The van der Waals surface area contributed by atoms with Gasteiger partial charge < -0.3 is 14.7 Å². The summed E-state index contributed by atoms with van der Waals surface area (Å²) in [5.41, 5.74) is 0. The van der Waals surface area contributed by atoms with Gasteiger partial charge in [-0.25, -0.2) is 4.79 Å². The summed E-state index contributed by atoms with van der Waals surface area (Å²) in [4.78, 5) is 24.6. The van der Waals surface area contributed by atoms with E-state index < -0.39 is 12.1 Å². The molecule has 1 rings (SSSR count). The first kappa shape index (κ1) is 14.4. The van der Waals surface area contributed by atoms with Gasteiger partial charge in [-0.1, -0.05) is 12.2 Å². The Morgan fingerprint density at radius 2 is 2.00 bits per heavy atom. The van der Waals surface area contributed by atoms with E-state index in [0.29, 0.717) is 19.4 Å². The molecule has 100 valence electrons. The van der Waals surface area contributed by atoms with E-state index in [1.165, 1.54) is 0 Å². The Morgan fingerprint density at radius 3 is 2.50 bits per heavy atom. The lowest BCUT2D eigenvalue weighted by Gasteiger charge is -2.33. The first-order chi connectivity index (χ1) is 8.60. The van der Waals surface area contributed by atoms with Crippen molar-refractivity contribution in [2.24, 2.45) is 5.92 Å². The molecule has 0 aliphatic carbocycles. The number of amides is 1. The lowest BCUT2D eigenvalue weighted by Crippen LogP contribution is -2.50. The van der Waals surface area contributed by atoms with Crippen LogP contribution in [0.25, 0.3) is 0 Å². The lowest BCUT2D eigenvalue weighted by molar-refractivity contribution is -0.160. The quantitative estimate of drug-likeness (QED) is 0.719. The molecule has 5 heteroatoms. The number of allylic oxidation sites excluding steroid dienone is 2. The van der Waals surface area contributed by atoms with Crippen molar-refractivity contribution in [2.75, 3.05) is 19.7 Å². The van der Waals surface area contributed by atoms with Gasteiger partial charge in [-0.3, -0.25) is 4.79 Å². The molecule has 18 heavy (non-hydrogen) atoms. The molecule has 1 aliphatic rings. The molecule has 0 radical (unpaired) electrons. The third-order valence-corrected chi connectivity index (χ3v) is 2.91. The molecule has 1 fully saturated rings. The molecule has 1 aliphatic heterocycles. The molecule has 1 saturated heterocycles. The van der Waals surface area contributed by atoms with Crippen LogP contribution in [0.5, 0.6) is 0 Å². The number of carbonyl (C=O) groups is 2. The van der Waals surface area contributed by atoms with Crippen LogP contribution in [0, 0.1) is 5.92 Å². The number of nitrogens with zero attached hydrogens (tertiary/aromatic N) is 1. The smallest absolute Gasteiger partial charge is 0.334 e. The molecule has 1 atom stereocenters. The lowest BCUT2D eigenvalue weighted by atomic mass is 9.99. The van der Waals surface area contributed by atoms with Gasteiger partial charge in [0.2, 0.25) is 5.91 Å². The molecule has 0 saturated carbocycles. The van der Waals surface area contributed by atoms with Gasteiger partial charge in [0.25, 0.3) is 0 Å². The predicted molar refractivity (Wildman–Crippen MR) is 67.1 cm³/mol. The van der Waals surface area contributed by atoms with Crippen LogP contribution in [0.3, 0.4) is 0 Å². The average molecular weight is 253 g/mol. The summed E-state index contributed by atoms with van der Waals surface area (Å²) >= 11 is 0. The van der Waals surface area contributed by atoms with Crippen molar-refractivity contribution in [1.29, 1.82) is 0 Å². The summed E-state index contributed by atoms with van der Waals surface area (Å²) in [5, 5.41) is 8.89. The summed E-state index contributed by atoms with van der Waals surface area (Å²) in [6.07, 6.45) is 3.61. The number of hydrogen-bond acceptors (Lipinski definition) is 3. The minimum atomic E-state index is -1.03. The fraction of sp³-hybridized carbons (Fsp3) is 0.538. The molecule has 0 bridgehead atoms. The largest absolute Gasteiger partial charge is 0.479 e. The van der Waals surface area contributed by atoms with E-state index >= 15 is 0 Å². The van der Waals surface area contributed by atoms with Crippen molar-refractivity contribution in [1.82, 2.24) is 4.90 Å². The number of morpholine rings is 1. The Hall–Kier alpha value is -1.62.